The van der Waals surface area contributed by atoms with Gasteiger partial charge in [-0.25, -0.2) is 0 Å². The number of hydrogen-bond acceptors (Lipinski definition) is 4. The number of piperidine rings is 1. The van der Waals surface area contributed by atoms with E-state index in [4.69, 9.17) is 4.74 Å². The van der Waals surface area contributed by atoms with Gasteiger partial charge in [-0.3, -0.25) is 9.89 Å². The summed E-state index contributed by atoms with van der Waals surface area (Å²) in [6.45, 7) is 3.85. The van der Waals surface area contributed by atoms with Gasteiger partial charge in [-0.15, -0.1) is 0 Å². The predicted octanol–water partition coefficient (Wildman–Crippen LogP) is 2.36. The molecule has 6 heteroatoms. The summed E-state index contributed by atoms with van der Waals surface area (Å²) < 4.78 is 5.19. The monoisotopic (exact) mass is 320 g/mol. The number of carbonyl (C=O) groups excluding carboxylic acids is 1. The van der Waals surface area contributed by atoms with E-state index in [1.54, 1.807) is 13.3 Å². The highest BCUT2D eigenvalue weighted by atomic mass is 16.5. The second-order valence-corrected chi connectivity index (χ2v) is 6.80. The second kappa shape index (κ2) is 7.93. The molecule has 3 rings (SSSR count). The van der Waals surface area contributed by atoms with Gasteiger partial charge in [0.15, 0.2) is 0 Å². The topological polar surface area (TPSA) is 70.2 Å². The van der Waals surface area contributed by atoms with Crippen molar-refractivity contribution in [2.24, 2.45) is 5.92 Å². The van der Waals surface area contributed by atoms with Crippen LogP contribution in [0.25, 0.3) is 0 Å². The van der Waals surface area contributed by atoms with Gasteiger partial charge in [0.05, 0.1) is 24.2 Å². The number of aromatic nitrogens is 2. The number of carbonyl (C=O) groups is 1. The van der Waals surface area contributed by atoms with Crippen molar-refractivity contribution in [1.29, 1.82) is 0 Å². The van der Waals surface area contributed by atoms with Crippen LogP contribution in [0.5, 0.6) is 0 Å². The number of methoxy groups -OCH3 is 1. The average molecular weight is 320 g/mol. The molecule has 0 aromatic carbocycles. The van der Waals surface area contributed by atoms with E-state index >= 15 is 0 Å². The lowest BCUT2D eigenvalue weighted by Crippen LogP contribution is -2.37. The van der Waals surface area contributed by atoms with Crippen molar-refractivity contribution in [3.05, 3.63) is 11.9 Å². The molecular formula is C17H28N4O2. The molecule has 1 aliphatic heterocycles. The summed E-state index contributed by atoms with van der Waals surface area (Å²) in [4.78, 5) is 14.8. The Bertz CT molecular complexity index is 510. The number of aromatic amines is 1. The quantitative estimate of drug-likeness (QED) is 0.844. The van der Waals surface area contributed by atoms with E-state index < -0.39 is 0 Å². The van der Waals surface area contributed by atoms with Crippen LogP contribution in [0, 0.1) is 5.92 Å². The Kier molecular flexibility index (Phi) is 5.67. The van der Waals surface area contributed by atoms with Gasteiger partial charge in [0, 0.05) is 32.0 Å². The Balaban J connectivity index is 1.61. The van der Waals surface area contributed by atoms with Crippen LogP contribution in [0.15, 0.2) is 6.20 Å². The second-order valence-electron chi connectivity index (χ2n) is 6.80. The summed E-state index contributed by atoms with van der Waals surface area (Å²) in [6.07, 6.45) is 8.46. The van der Waals surface area contributed by atoms with Crippen molar-refractivity contribution in [1.82, 2.24) is 15.1 Å². The number of ether oxygens (including phenoxy) is 1. The average Bonchev–Trinajstić information content (AvgIpc) is 3.24. The molecule has 1 aromatic heterocycles. The largest absolute Gasteiger partial charge is 0.383 e. The summed E-state index contributed by atoms with van der Waals surface area (Å²) in [5.74, 6) is 0.751. The number of H-pyrrole nitrogens is 1. The first kappa shape index (κ1) is 16.5. The fourth-order valence-electron chi connectivity index (χ4n) is 3.84. The van der Waals surface area contributed by atoms with Gasteiger partial charge >= 0.3 is 0 Å². The van der Waals surface area contributed by atoms with Crippen LogP contribution >= 0.6 is 0 Å². The van der Waals surface area contributed by atoms with Crippen LogP contribution in [-0.4, -0.2) is 54.4 Å². The Labute approximate surface area is 138 Å². The van der Waals surface area contributed by atoms with Gasteiger partial charge in [0.1, 0.15) is 0 Å². The number of likely N-dealkylation sites (tertiary alicyclic amines) is 1. The van der Waals surface area contributed by atoms with Crippen LogP contribution in [-0.2, 0) is 9.53 Å². The zero-order valence-electron chi connectivity index (χ0n) is 14.0. The van der Waals surface area contributed by atoms with Gasteiger partial charge in [-0.2, -0.15) is 5.10 Å². The van der Waals surface area contributed by atoms with Crippen molar-refractivity contribution in [3.63, 3.8) is 0 Å². The molecule has 23 heavy (non-hydrogen) atoms. The predicted molar refractivity (Wildman–Crippen MR) is 89.5 cm³/mol. The molecule has 2 aliphatic rings. The summed E-state index contributed by atoms with van der Waals surface area (Å²) in [5, 5.41) is 10.4. The molecule has 2 heterocycles. The Hall–Kier alpha value is -1.40. The Morgan fingerprint density at radius 2 is 2.22 bits per heavy atom. The zero-order chi connectivity index (χ0) is 16.1. The van der Waals surface area contributed by atoms with Crippen molar-refractivity contribution in [2.75, 3.05) is 38.7 Å². The van der Waals surface area contributed by atoms with Gasteiger partial charge in [-0.05, 0) is 32.2 Å². The minimum atomic E-state index is 0.164. The molecule has 1 atom stereocenters. The SMILES string of the molecule is COCCN1CCC[C@@H](c2[nH]ncc2NC(=O)C2CCCC2)C1. The summed E-state index contributed by atoms with van der Waals surface area (Å²) in [7, 11) is 1.74. The first-order chi connectivity index (χ1) is 11.3. The van der Waals surface area contributed by atoms with E-state index in [-0.39, 0.29) is 11.8 Å². The molecule has 1 aromatic rings. The van der Waals surface area contributed by atoms with Gasteiger partial charge in [-0.1, -0.05) is 12.8 Å². The van der Waals surface area contributed by atoms with E-state index in [0.29, 0.717) is 5.92 Å². The third-order valence-electron chi connectivity index (χ3n) is 5.18. The third-order valence-corrected chi connectivity index (χ3v) is 5.18. The lowest BCUT2D eigenvalue weighted by Gasteiger charge is -2.32. The smallest absolute Gasteiger partial charge is 0.227 e. The van der Waals surface area contributed by atoms with Crippen molar-refractivity contribution in [3.8, 4) is 0 Å². The number of hydrogen-bond donors (Lipinski definition) is 2. The zero-order valence-corrected chi connectivity index (χ0v) is 14.0. The summed E-state index contributed by atoms with van der Waals surface area (Å²) in [5.41, 5.74) is 1.96. The van der Waals surface area contributed by atoms with Crippen molar-refractivity contribution < 1.29 is 9.53 Å². The molecule has 1 amide bonds. The molecule has 0 spiro atoms. The Morgan fingerprint density at radius 3 is 3.00 bits per heavy atom. The number of nitrogens with zero attached hydrogens (tertiary/aromatic N) is 2. The minimum Gasteiger partial charge on any atom is -0.383 e. The lowest BCUT2D eigenvalue weighted by molar-refractivity contribution is -0.119. The third kappa shape index (κ3) is 4.12. The molecule has 2 fully saturated rings. The fraction of sp³-hybridized carbons (Fsp3) is 0.765. The molecule has 1 aliphatic carbocycles. The minimum absolute atomic E-state index is 0.164. The first-order valence-electron chi connectivity index (χ1n) is 8.83. The molecule has 0 radical (unpaired) electrons. The normalized spacial score (nSPS) is 23.3. The maximum absolute atomic E-state index is 12.4. The number of rotatable bonds is 6. The summed E-state index contributed by atoms with van der Waals surface area (Å²) >= 11 is 0. The molecule has 2 N–H and O–H groups in total. The van der Waals surface area contributed by atoms with Crippen LogP contribution in [0.2, 0.25) is 0 Å². The van der Waals surface area contributed by atoms with Crippen molar-refractivity contribution in [2.45, 2.75) is 44.4 Å². The van der Waals surface area contributed by atoms with Crippen LogP contribution in [0.4, 0.5) is 5.69 Å². The maximum atomic E-state index is 12.4. The van der Waals surface area contributed by atoms with Gasteiger partial charge in [0.25, 0.3) is 0 Å². The van der Waals surface area contributed by atoms with Crippen LogP contribution < -0.4 is 5.32 Å². The molecular weight excluding hydrogens is 292 g/mol. The molecule has 0 unspecified atom stereocenters. The van der Waals surface area contributed by atoms with Crippen molar-refractivity contribution >= 4 is 11.6 Å². The number of amides is 1. The standard InChI is InChI=1S/C17H28N4O2/c1-23-10-9-21-8-4-7-14(12-21)16-15(11-18-20-16)19-17(22)13-5-2-3-6-13/h11,13-14H,2-10,12H2,1H3,(H,18,20)(H,19,22)/t14-/m1/s1. The molecule has 0 bridgehead atoms. The first-order valence-corrected chi connectivity index (χ1v) is 8.83. The van der Waals surface area contributed by atoms with Gasteiger partial charge < -0.3 is 15.0 Å². The molecule has 1 saturated carbocycles. The summed E-state index contributed by atoms with van der Waals surface area (Å²) in [6, 6.07) is 0. The van der Waals surface area contributed by atoms with E-state index in [1.807, 2.05) is 0 Å². The maximum Gasteiger partial charge on any atom is 0.227 e. The number of anilines is 1. The molecule has 1 saturated heterocycles. The van der Waals surface area contributed by atoms with E-state index in [0.717, 1.165) is 56.9 Å². The fourth-order valence-corrected chi connectivity index (χ4v) is 3.84. The molecule has 128 valence electrons. The molecule has 6 nitrogen and oxygen atoms in total. The van der Waals surface area contributed by atoms with Crippen LogP contribution in [0.3, 0.4) is 0 Å². The van der Waals surface area contributed by atoms with E-state index in [2.05, 4.69) is 20.4 Å². The highest BCUT2D eigenvalue weighted by Gasteiger charge is 2.27. The lowest BCUT2D eigenvalue weighted by atomic mass is 9.94. The highest BCUT2D eigenvalue weighted by Crippen LogP contribution is 2.31. The van der Waals surface area contributed by atoms with Crippen LogP contribution in [0.1, 0.15) is 50.1 Å². The Morgan fingerprint density at radius 1 is 1.39 bits per heavy atom. The van der Waals surface area contributed by atoms with E-state index in [1.165, 1.54) is 19.3 Å². The highest BCUT2D eigenvalue weighted by molar-refractivity contribution is 5.93. The van der Waals surface area contributed by atoms with E-state index in [9.17, 15) is 4.79 Å². The number of nitrogens with one attached hydrogen (secondary N) is 2. The van der Waals surface area contributed by atoms with Gasteiger partial charge in [0.2, 0.25) is 5.91 Å².